The van der Waals surface area contributed by atoms with Crippen molar-refractivity contribution in [1.82, 2.24) is 4.98 Å². The molecule has 1 amide bonds. The predicted octanol–water partition coefficient (Wildman–Crippen LogP) is 4.71. The molecule has 2 aromatic carbocycles. The van der Waals surface area contributed by atoms with Gasteiger partial charge < -0.3 is 20.1 Å². The van der Waals surface area contributed by atoms with Gasteiger partial charge in [0.05, 0.1) is 31.7 Å². The van der Waals surface area contributed by atoms with Crippen molar-refractivity contribution in [3.05, 3.63) is 71.5 Å². The second-order valence-electron chi connectivity index (χ2n) is 6.49. The summed E-state index contributed by atoms with van der Waals surface area (Å²) in [6.45, 7) is 4.09. The molecule has 0 saturated carbocycles. The van der Waals surface area contributed by atoms with E-state index in [1.807, 2.05) is 26.0 Å². The Morgan fingerprint density at radius 3 is 2.21 bits per heavy atom. The van der Waals surface area contributed by atoms with Crippen LogP contribution in [0.4, 0.5) is 17.1 Å². The first kappa shape index (κ1) is 19.2. The summed E-state index contributed by atoms with van der Waals surface area (Å²) >= 11 is 0. The van der Waals surface area contributed by atoms with Crippen molar-refractivity contribution in [1.29, 1.82) is 0 Å². The maximum Gasteiger partial charge on any atom is 0.257 e. The van der Waals surface area contributed by atoms with Gasteiger partial charge in [-0.2, -0.15) is 0 Å². The molecule has 0 atom stereocenters. The zero-order chi connectivity index (χ0) is 20.1. The molecule has 144 valence electrons. The molecule has 2 N–H and O–H groups in total. The summed E-state index contributed by atoms with van der Waals surface area (Å²) in [6.07, 6.45) is 3.22. The van der Waals surface area contributed by atoms with Crippen molar-refractivity contribution in [3.63, 3.8) is 0 Å². The molecule has 0 fully saturated rings. The molecule has 6 heteroatoms. The van der Waals surface area contributed by atoms with Gasteiger partial charge in [-0.25, -0.2) is 0 Å². The Morgan fingerprint density at radius 2 is 1.54 bits per heavy atom. The number of amides is 1. The van der Waals surface area contributed by atoms with Crippen LogP contribution in [0.1, 0.15) is 21.5 Å². The summed E-state index contributed by atoms with van der Waals surface area (Å²) < 4.78 is 10.5. The zero-order valence-corrected chi connectivity index (χ0v) is 16.4. The number of benzene rings is 2. The monoisotopic (exact) mass is 377 g/mol. The van der Waals surface area contributed by atoms with Gasteiger partial charge in [0.15, 0.2) is 11.5 Å². The van der Waals surface area contributed by atoms with Gasteiger partial charge in [-0.05, 0) is 55.3 Å². The van der Waals surface area contributed by atoms with Crippen LogP contribution in [0.2, 0.25) is 0 Å². The topological polar surface area (TPSA) is 72.5 Å². The first-order valence-electron chi connectivity index (χ1n) is 8.82. The highest BCUT2D eigenvalue weighted by molar-refractivity contribution is 6.04. The number of anilines is 3. The lowest BCUT2D eigenvalue weighted by molar-refractivity contribution is 0.102. The van der Waals surface area contributed by atoms with Gasteiger partial charge in [-0.15, -0.1) is 0 Å². The number of pyridine rings is 1. The lowest BCUT2D eigenvalue weighted by Gasteiger charge is -2.12. The second-order valence-corrected chi connectivity index (χ2v) is 6.49. The van der Waals surface area contributed by atoms with Crippen molar-refractivity contribution in [2.24, 2.45) is 0 Å². The molecule has 0 aliphatic carbocycles. The quantitative estimate of drug-likeness (QED) is 0.651. The lowest BCUT2D eigenvalue weighted by atomic mass is 10.1. The number of aromatic nitrogens is 1. The van der Waals surface area contributed by atoms with Crippen LogP contribution < -0.4 is 20.1 Å². The van der Waals surface area contributed by atoms with Crippen LogP contribution >= 0.6 is 0 Å². The molecule has 1 heterocycles. The molecule has 1 aromatic heterocycles. The molecule has 0 radical (unpaired) electrons. The number of ether oxygens (including phenoxy) is 2. The largest absolute Gasteiger partial charge is 0.493 e. The Balaban J connectivity index is 1.77. The lowest BCUT2D eigenvalue weighted by Crippen LogP contribution is -2.12. The molecule has 0 aliphatic rings. The fourth-order valence-corrected chi connectivity index (χ4v) is 2.96. The van der Waals surface area contributed by atoms with E-state index in [0.29, 0.717) is 22.7 Å². The van der Waals surface area contributed by atoms with Crippen LogP contribution in [0.15, 0.2) is 54.9 Å². The molecule has 28 heavy (non-hydrogen) atoms. The highest BCUT2D eigenvalue weighted by Gasteiger charge is 2.10. The van der Waals surface area contributed by atoms with Gasteiger partial charge in [0.1, 0.15) is 0 Å². The Morgan fingerprint density at radius 1 is 0.821 bits per heavy atom. The van der Waals surface area contributed by atoms with Gasteiger partial charge in [-0.1, -0.05) is 6.07 Å². The van der Waals surface area contributed by atoms with Gasteiger partial charge in [0, 0.05) is 23.6 Å². The van der Waals surface area contributed by atoms with Crippen LogP contribution in [0.5, 0.6) is 11.5 Å². The van der Waals surface area contributed by atoms with E-state index in [1.165, 1.54) is 6.20 Å². The first-order valence-corrected chi connectivity index (χ1v) is 8.82. The van der Waals surface area contributed by atoms with E-state index in [0.717, 1.165) is 22.5 Å². The van der Waals surface area contributed by atoms with Crippen molar-refractivity contribution in [2.45, 2.75) is 13.8 Å². The van der Waals surface area contributed by atoms with Crippen molar-refractivity contribution >= 4 is 23.0 Å². The van der Waals surface area contributed by atoms with Crippen LogP contribution in [-0.2, 0) is 0 Å². The molecule has 0 aliphatic heterocycles. The summed E-state index contributed by atoms with van der Waals surface area (Å²) in [6, 6.07) is 13.2. The van der Waals surface area contributed by atoms with Crippen LogP contribution in [0.3, 0.4) is 0 Å². The Kier molecular flexibility index (Phi) is 5.79. The van der Waals surface area contributed by atoms with Crippen LogP contribution in [0.25, 0.3) is 0 Å². The SMILES string of the molecule is COc1ccc(NC(=O)c2cncc(Nc3cc(C)cc(C)c3)c2)cc1OC. The zero-order valence-electron chi connectivity index (χ0n) is 16.4. The fraction of sp³-hybridized carbons (Fsp3) is 0.182. The second kappa shape index (κ2) is 8.43. The Hall–Kier alpha value is -3.54. The van der Waals surface area contributed by atoms with E-state index in [2.05, 4.69) is 21.7 Å². The van der Waals surface area contributed by atoms with Gasteiger partial charge >= 0.3 is 0 Å². The number of hydrogen-bond acceptors (Lipinski definition) is 5. The van der Waals surface area contributed by atoms with E-state index in [9.17, 15) is 4.79 Å². The smallest absolute Gasteiger partial charge is 0.257 e. The minimum atomic E-state index is -0.260. The fourth-order valence-electron chi connectivity index (χ4n) is 2.96. The molecular formula is C22H23N3O3. The number of carbonyl (C=O) groups excluding carboxylic acids is 1. The van der Waals surface area contributed by atoms with Crippen molar-refractivity contribution in [2.75, 3.05) is 24.9 Å². The predicted molar refractivity (Wildman–Crippen MR) is 111 cm³/mol. The van der Waals surface area contributed by atoms with E-state index in [-0.39, 0.29) is 5.91 Å². The third-order valence-electron chi connectivity index (χ3n) is 4.15. The van der Waals surface area contributed by atoms with E-state index >= 15 is 0 Å². The van der Waals surface area contributed by atoms with Crippen LogP contribution in [0, 0.1) is 13.8 Å². The van der Waals surface area contributed by atoms with Gasteiger partial charge in [0.2, 0.25) is 0 Å². The molecule has 6 nitrogen and oxygen atoms in total. The normalized spacial score (nSPS) is 10.3. The highest BCUT2D eigenvalue weighted by Crippen LogP contribution is 2.30. The van der Waals surface area contributed by atoms with E-state index in [1.54, 1.807) is 44.7 Å². The average Bonchev–Trinajstić information content (AvgIpc) is 2.67. The summed E-state index contributed by atoms with van der Waals surface area (Å²) in [5, 5.41) is 6.15. The molecule has 3 aromatic rings. The standard InChI is InChI=1S/C22H23N3O3/c1-14-7-15(2)9-18(8-14)24-19-10-16(12-23-13-19)22(26)25-17-5-6-20(27-3)21(11-17)28-4/h5-13,24H,1-4H3,(H,25,26). The maximum atomic E-state index is 12.6. The number of nitrogens with zero attached hydrogens (tertiary/aromatic N) is 1. The Bertz CT molecular complexity index is 982. The van der Waals surface area contributed by atoms with Crippen molar-refractivity contribution in [3.8, 4) is 11.5 Å². The number of carbonyl (C=O) groups is 1. The number of aryl methyl sites for hydroxylation is 2. The summed E-state index contributed by atoms with van der Waals surface area (Å²) in [5.41, 5.74) is 5.08. The molecule has 0 bridgehead atoms. The summed E-state index contributed by atoms with van der Waals surface area (Å²) in [5.74, 6) is 0.884. The van der Waals surface area contributed by atoms with Gasteiger partial charge in [-0.3, -0.25) is 9.78 Å². The Labute approximate surface area is 164 Å². The molecular weight excluding hydrogens is 354 g/mol. The summed E-state index contributed by atoms with van der Waals surface area (Å²) in [7, 11) is 3.12. The molecule has 3 rings (SSSR count). The number of rotatable bonds is 6. The van der Waals surface area contributed by atoms with Gasteiger partial charge in [0.25, 0.3) is 5.91 Å². The third kappa shape index (κ3) is 4.59. The minimum absolute atomic E-state index is 0.260. The molecule has 0 spiro atoms. The maximum absolute atomic E-state index is 12.6. The molecule has 0 saturated heterocycles. The third-order valence-corrected chi connectivity index (χ3v) is 4.15. The first-order chi connectivity index (χ1) is 13.5. The number of methoxy groups -OCH3 is 2. The van der Waals surface area contributed by atoms with E-state index in [4.69, 9.17) is 9.47 Å². The van der Waals surface area contributed by atoms with E-state index < -0.39 is 0 Å². The van der Waals surface area contributed by atoms with Crippen LogP contribution in [-0.4, -0.2) is 25.1 Å². The highest BCUT2D eigenvalue weighted by atomic mass is 16.5. The number of hydrogen-bond donors (Lipinski definition) is 2. The number of nitrogens with one attached hydrogen (secondary N) is 2. The minimum Gasteiger partial charge on any atom is -0.493 e. The average molecular weight is 377 g/mol. The molecule has 0 unspecified atom stereocenters. The summed E-state index contributed by atoms with van der Waals surface area (Å²) in [4.78, 5) is 16.8. The van der Waals surface area contributed by atoms with Crippen molar-refractivity contribution < 1.29 is 14.3 Å².